The van der Waals surface area contributed by atoms with Crippen LogP contribution in [0.2, 0.25) is 0 Å². The van der Waals surface area contributed by atoms with Crippen molar-refractivity contribution >= 4 is 21.7 Å². The lowest BCUT2D eigenvalue weighted by molar-refractivity contribution is 0.553. The number of anilines is 1. The van der Waals surface area contributed by atoms with Gasteiger partial charge in [-0.25, -0.2) is 0 Å². The fourth-order valence-corrected chi connectivity index (χ4v) is 2.06. The molecule has 0 bridgehead atoms. The normalized spacial score (nSPS) is 12.6. The first kappa shape index (κ1) is 12.0. The maximum Gasteiger partial charge on any atom is 0.123 e. The first-order valence-electron chi connectivity index (χ1n) is 5.05. The van der Waals surface area contributed by atoms with E-state index in [-0.39, 0.29) is 6.04 Å². The van der Waals surface area contributed by atoms with Crippen molar-refractivity contribution in [2.75, 3.05) is 5.73 Å². The second kappa shape index (κ2) is 5.26. The third-order valence-electron chi connectivity index (χ3n) is 2.48. The first-order valence-corrected chi connectivity index (χ1v) is 5.84. The van der Waals surface area contributed by atoms with Gasteiger partial charge in [-0.3, -0.25) is 21.4 Å². The Morgan fingerprint density at radius 1 is 1.41 bits per heavy atom. The molecular weight excluding hydrogens is 284 g/mol. The van der Waals surface area contributed by atoms with E-state index in [0.717, 1.165) is 15.6 Å². The Labute approximate surface area is 107 Å². The lowest BCUT2D eigenvalue weighted by Gasteiger charge is -2.14. The van der Waals surface area contributed by atoms with E-state index in [2.05, 4.69) is 36.5 Å². The van der Waals surface area contributed by atoms with Gasteiger partial charge in [0.15, 0.2) is 0 Å². The fraction of sp³-hybridized carbons (Fsp3) is 0.200. The lowest BCUT2D eigenvalue weighted by Crippen LogP contribution is -2.29. The highest BCUT2D eigenvalue weighted by Gasteiger charge is 2.15. The average Bonchev–Trinajstić information content (AvgIpc) is 2.72. The number of nitrogens with zero attached hydrogens (tertiary/aromatic N) is 2. The van der Waals surface area contributed by atoms with Crippen LogP contribution in [-0.4, -0.2) is 15.2 Å². The molecule has 0 aliphatic rings. The lowest BCUT2D eigenvalue weighted by atomic mass is 10.0. The Morgan fingerprint density at radius 3 is 2.82 bits per heavy atom. The van der Waals surface area contributed by atoms with Crippen LogP contribution >= 0.6 is 15.9 Å². The minimum absolute atomic E-state index is 0.0927. The molecule has 6 N–H and O–H groups in total. The van der Waals surface area contributed by atoms with E-state index in [4.69, 9.17) is 11.6 Å². The molecule has 17 heavy (non-hydrogen) atoms. The summed E-state index contributed by atoms with van der Waals surface area (Å²) in [6.45, 7) is 0. The zero-order valence-corrected chi connectivity index (χ0v) is 10.6. The Hall–Kier alpha value is -1.44. The largest absolute Gasteiger partial charge is 0.384 e. The van der Waals surface area contributed by atoms with E-state index in [1.807, 2.05) is 6.07 Å². The summed E-state index contributed by atoms with van der Waals surface area (Å²) < 4.78 is 0.936. The molecule has 90 valence electrons. The van der Waals surface area contributed by atoms with Crippen LogP contribution in [0, 0.1) is 0 Å². The molecule has 0 saturated heterocycles. The minimum Gasteiger partial charge on any atom is -0.384 e. The van der Waals surface area contributed by atoms with Crippen molar-refractivity contribution in [3.8, 4) is 0 Å². The van der Waals surface area contributed by atoms with Crippen molar-refractivity contribution in [2.24, 2.45) is 5.84 Å². The SMILES string of the molecule is NNC(Cc1cncc(Br)c1)c1cn[nH]c1N. The second-order valence-electron chi connectivity index (χ2n) is 3.67. The Morgan fingerprint density at radius 2 is 2.24 bits per heavy atom. The summed E-state index contributed by atoms with van der Waals surface area (Å²) in [6.07, 6.45) is 5.89. The van der Waals surface area contributed by atoms with Gasteiger partial charge < -0.3 is 5.73 Å². The Kier molecular flexibility index (Phi) is 3.72. The summed E-state index contributed by atoms with van der Waals surface area (Å²) in [5, 5.41) is 6.57. The van der Waals surface area contributed by atoms with Crippen LogP contribution in [-0.2, 0) is 6.42 Å². The van der Waals surface area contributed by atoms with Gasteiger partial charge in [-0.05, 0) is 34.0 Å². The summed E-state index contributed by atoms with van der Waals surface area (Å²) >= 11 is 3.38. The van der Waals surface area contributed by atoms with E-state index >= 15 is 0 Å². The molecule has 0 spiro atoms. The number of pyridine rings is 1. The van der Waals surface area contributed by atoms with Gasteiger partial charge in [-0.1, -0.05) is 0 Å². The molecule has 0 saturated carbocycles. The van der Waals surface area contributed by atoms with Crippen LogP contribution in [0.5, 0.6) is 0 Å². The van der Waals surface area contributed by atoms with E-state index in [1.165, 1.54) is 0 Å². The summed E-state index contributed by atoms with van der Waals surface area (Å²) in [5.74, 6) is 6.06. The van der Waals surface area contributed by atoms with E-state index in [0.29, 0.717) is 12.2 Å². The van der Waals surface area contributed by atoms with Crippen LogP contribution in [0.3, 0.4) is 0 Å². The molecule has 2 heterocycles. The number of nitrogens with one attached hydrogen (secondary N) is 2. The second-order valence-corrected chi connectivity index (χ2v) is 4.59. The van der Waals surface area contributed by atoms with Crippen molar-refractivity contribution in [3.05, 3.63) is 40.3 Å². The van der Waals surface area contributed by atoms with Gasteiger partial charge in [-0.15, -0.1) is 0 Å². The first-order chi connectivity index (χ1) is 8.20. The van der Waals surface area contributed by atoms with E-state index < -0.39 is 0 Å². The predicted molar refractivity (Wildman–Crippen MR) is 68.7 cm³/mol. The monoisotopic (exact) mass is 296 g/mol. The zero-order valence-electron chi connectivity index (χ0n) is 9.02. The molecule has 2 aromatic rings. The molecule has 2 aromatic heterocycles. The van der Waals surface area contributed by atoms with Crippen LogP contribution in [0.25, 0.3) is 0 Å². The number of nitrogens with two attached hydrogens (primary N) is 2. The molecule has 1 atom stereocenters. The quantitative estimate of drug-likeness (QED) is 0.495. The summed E-state index contributed by atoms with van der Waals surface area (Å²) in [6, 6.07) is 1.90. The number of hydrogen-bond acceptors (Lipinski definition) is 5. The van der Waals surface area contributed by atoms with Crippen molar-refractivity contribution in [1.82, 2.24) is 20.6 Å². The number of aromatic nitrogens is 3. The standard InChI is InChI=1S/C10H13BrN6/c11-7-1-6(3-14-4-7)2-9(16-13)8-5-15-17-10(8)12/h1,3-5,9,16H,2,13H2,(H3,12,15,17). The van der Waals surface area contributed by atoms with Gasteiger partial charge in [0.2, 0.25) is 0 Å². The van der Waals surface area contributed by atoms with Crippen LogP contribution in [0.4, 0.5) is 5.82 Å². The Bertz CT molecular complexity index is 497. The van der Waals surface area contributed by atoms with Crippen LogP contribution < -0.4 is 17.0 Å². The minimum atomic E-state index is -0.0927. The summed E-state index contributed by atoms with van der Waals surface area (Å²) in [4.78, 5) is 4.11. The highest BCUT2D eigenvalue weighted by atomic mass is 79.9. The molecule has 0 aromatic carbocycles. The van der Waals surface area contributed by atoms with E-state index in [1.54, 1.807) is 18.6 Å². The van der Waals surface area contributed by atoms with Crippen molar-refractivity contribution in [3.63, 3.8) is 0 Å². The summed E-state index contributed by atoms with van der Waals surface area (Å²) in [5.41, 5.74) is 10.4. The number of H-pyrrole nitrogens is 1. The zero-order chi connectivity index (χ0) is 12.3. The molecule has 0 aliphatic heterocycles. The molecule has 1 unspecified atom stereocenters. The molecule has 2 rings (SSSR count). The van der Waals surface area contributed by atoms with E-state index in [9.17, 15) is 0 Å². The predicted octanol–water partition coefficient (Wildman–Crippen LogP) is 0.896. The van der Waals surface area contributed by atoms with Crippen molar-refractivity contribution in [1.29, 1.82) is 0 Å². The maximum atomic E-state index is 5.76. The van der Waals surface area contributed by atoms with Gasteiger partial charge in [0.1, 0.15) is 5.82 Å². The van der Waals surface area contributed by atoms with Gasteiger partial charge >= 0.3 is 0 Å². The number of rotatable bonds is 4. The fourth-order valence-electron chi connectivity index (χ4n) is 1.64. The van der Waals surface area contributed by atoms with Gasteiger partial charge in [0.25, 0.3) is 0 Å². The van der Waals surface area contributed by atoms with Crippen molar-refractivity contribution in [2.45, 2.75) is 12.5 Å². The van der Waals surface area contributed by atoms with Crippen molar-refractivity contribution < 1.29 is 0 Å². The topological polar surface area (TPSA) is 106 Å². The number of halogens is 1. The highest BCUT2D eigenvalue weighted by Crippen LogP contribution is 2.22. The Balaban J connectivity index is 2.19. The molecule has 0 fully saturated rings. The molecule has 6 nitrogen and oxygen atoms in total. The smallest absolute Gasteiger partial charge is 0.123 e. The molecule has 0 amide bonds. The van der Waals surface area contributed by atoms with Gasteiger partial charge in [0.05, 0.1) is 12.2 Å². The third kappa shape index (κ3) is 2.82. The third-order valence-corrected chi connectivity index (χ3v) is 2.91. The molecule has 0 radical (unpaired) electrons. The van der Waals surface area contributed by atoms with Gasteiger partial charge in [0, 0.05) is 22.4 Å². The van der Waals surface area contributed by atoms with Crippen LogP contribution in [0.1, 0.15) is 17.2 Å². The van der Waals surface area contributed by atoms with Crippen LogP contribution in [0.15, 0.2) is 29.1 Å². The maximum absolute atomic E-state index is 5.76. The average molecular weight is 297 g/mol. The number of hydrazine groups is 1. The number of hydrogen-bond donors (Lipinski definition) is 4. The molecule has 7 heteroatoms. The highest BCUT2D eigenvalue weighted by molar-refractivity contribution is 9.10. The van der Waals surface area contributed by atoms with Gasteiger partial charge in [-0.2, -0.15) is 5.10 Å². The molecular formula is C10H13BrN6. The number of nitrogen functional groups attached to an aromatic ring is 1. The molecule has 0 aliphatic carbocycles. The summed E-state index contributed by atoms with van der Waals surface area (Å²) in [7, 11) is 0. The number of aromatic amines is 1.